The van der Waals surface area contributed by atoms with Gasteiger partial charge < -0.3 is 5.32 Å². The quantitative estimate of drug-likeness (QED) is 0.890. The minimum absolute atomic E-state index is 0.00477. The fourth-order valence-electron chi connectivity index (χ4n) is 1.78. The molecule has 0 aliphatic rings. The van der Waals surface area contributed by atoms with Crippen LogP contribution in [0.2, 0.25) is 5.02 Å². The Labute approximate surface area is 119 Å². The molecule has 0 bridgehead atoms. The van der Waals surface area contributed by atoms with Crippen molar-refractivity contribution in [3.63, 3.8) is 0 Å². The van der Waals surface area contributed by atoms with Gasteiger partial charge in [-0.05, 0) is 42.3 Å². The summed E-state index contributed by atoms with van der Waals surface area (Å²) in [5, 5.41) is 2.84. The summed E-state index contributed by atoms with van der Waals surface area (Å²) in [6.07, 6.45) is -1.18. The van der Waals surface area contributed by atoms with Gasteiger partial charge in [-0.25, -0.2) is 0 Å². The lowest BCUT2D eigenvalue weighted by Crippen LogP contribution is -2.11. The van der Waals surface area contributed by atoms with Gasteiger partial charge in [0.25, 0.3) is 0 Å². The third kappa shape index (κ3) is 3.42. The van der Waals surface area contributed by atoms with Crippen molar-refractivity contribution in [2.45, 2.75) is 19.6 Å². The normalized spacial score (nSPS) is 11.4. The van der Waals surface area contributed by atoms with E-state index >= 15 is 0 Å². The largest absolute Gasteiger partial charge is 0.418 e. The number of aryl methyl sites for hydroxylation is 1. The molecule has 1 aromatic carbocycles. The number of halogens is 4. The van der Waals surface area contributed by atoms with E-state index in [1.165, 1.54) is 12.1 Å². The zero-order valence-corrected chi connectivity index (χ0v) is 11.4. The topological polar surface area (TPSA) is 24.9 Å². The molecule has 1 N–H and O–H groups in total. The van der Waals surface area contributed by atoms with Crippen molar-refractivity contribution in [2.24, 2.45) is 0 Å². The average Bonchev–Trinajstić information content (AvgIpc) is 2.38. The molecule has 0 radical (unpaired) electrons. The predicted molar refractivity (Wildman–Crippen MR) is 72.8 cm³/mol. The molecule has 106 valence electrons. The average molecular weight is 301 g/mol. The summed E-state index contributed by atoms with van der Waals surface area (Å²) >= 11 is 5.63. The molecule has 2 rings (SSSR count). The number of anilines is 1. The highest BCUT2D eigenvalue weighted by Crippen LogP contribution is 2.36. The third-order valence-corrected chi connectivity index (χ3v) is 3.14. The molecule has 6 heteroatoms. The van der Waals surface area contributed by atoms with Crippen LogP contribution in [0.1, 0.15) is 16.7 Å². The molecule has 0 fully saturated rings. The summed E-state index contributed by atoms with van der Waals surface area (Å²) in [6, 6.07) is 5.48. The highest BCUT2D eigenvalue weighted by atomic mass is 35.5. The molecule has 0 saturated carbocycles. The van der Waals surface area contributed by atoms with Crippen molar-refractivity contribution in [1.29, 1.82) is 0 Å². The standard InChI is InChI=1S/C14H12ClF3N2/c1-9-4-5-19-7-10(9)8-20-13-3-2-11(15)6-12(13)14(16,17)18/h2-7,20H,8H2,1H3. The second-order valence-electron chi connectivity index (χ2n) is 4.34. The molecule has 0 saturated heterocycles. The monoisotopic (exact) mass is 300 g/mol. The molecule has 1 heterocycles. The first-order valence-corrected chi connectivity index (χ1v) is 6.26. The number of benzene rings is 1. The molecule has 0 aliphatic heterocycles. The van der Waals surface area contributed by atoms with Gasteiger partial charge >= 0.3 is 6.18 Å². The Morgan fingerprint density at radius 1 is 1.25 bits per heavy atom. The van der Waals surface area contributed by atoms with E-state index in [0.717, 1.165) is 17.2 Å². The minimum atomic E-state index is -4.45. The second-order valence-corrected chi connectivity index (χ2v) is 4.78. The van der Waals surface area contributed by atoms with Crippen LogP contribution in [0.4, 0.5) is 18.9 Å². The number of hydrogen-bond donors (Lipinski definition) is 1. The van der Waals surface area contributed by atoms with Crippen LogP contribution in [-0.4, -0.2) is 4.98 Å². The fourth-order valence-corrected chi connectivity index (χ4v) is 1.95. The number of pyridine rings is 1. The summed E-state index contributed by atoms with van der Waals surface area (Å²) in [5.41, 5.74) is 1.04. The van der Waals surface area contributed by atoms with Crippen LogP contribution in [0.15, 0.2) is 36.7 Å². The highest BCUT2D eigenvalue weighted by molar-refractivity contribution is 6.30. The molecule has 1 aromatic heterocycles. The van der Waals surface area contributed by atoms with Gasteiger partial charge in [-0.1, -0.05) is 11.6 Å². The maximum absolute atomic E-state index is 12.9. The molecule has 2 nitrogen and oxygen atoms in total. The molecule has 0 spiro atoms. The zero-order chi connectivity index (χ0) is 14.8. The van der Waals surface area contributed by atoms with E-state index < -0.39 is 11.7 Å². The van der Waals surface area contributed by atoms with Crippen LogP contribution >= 0.6 is 11.6 Å². The van der Waals surface area contributed by atoms with Crippen LogP contribution in [0.5, 0.6) is 0 Å². The van der Waals surface area contributed by atoms with Gasteiger partial charge in [0.05, 0.1) is 5.56 Å². The number of hydrogen-bond acceptors (Lipinski definition) is 2. The first kappa shape index (κ1) is 14.7. The third-order valence-electron chi connectivity index (χ3n) is 2.90. The van der Waals surface area contributed by atoms with E-state index in [4.69, 9.17) is 11.6 Å². The molecule has 2 aromatic rings. The van der Waals surface area contributed by atoms with Gasteiger partial charge in [-0.2, -0.15) is 13.2 Å². The molecule has 0 amide bonds. The van der Waals surface area contributed by atoms with Crippen LogP contribution < -0.4 is 5.32 Å². The zero-order valence-electron chi connectivity index (χ0n) is 10.6. The lowest BCUT2D eigenvalue weighted by atomic mass is 10.1. The van der Waals surface area contributed by atoms with E-state index in [2.05, 4.69) is 10.3 Å². The van der Waals surface area contributed by atoms with Gasteiger partial charge in [0.15, 0.2) is 0 Å². The van der Waals surface area contributed by atoms with E-state index in [1.807, 2.05) is 13.0 Å². The summed E-state index contributed by atoms with van der Waals surface area (Å²) < 4.78 is 38.8. The lowest BCUT2D eigenvalue weighted by Gasteiger charge is -2.15. The van der Waals surface area contributed by atoms with Gasteiger partial charge in [-0.15, -0.1) is 0 Å². The van der Waals surface area contributed by atoms with Crippen molar-refractivity contribution < 1.29 is 13.2 Å². The van der Waals surface area contributed by atoms with Gasteiger partial charge in [0, 0.05) is 29.6 Å². The van der Waals surface area contributed by atoms with Crippen molar-refractivity contribution in [3.05, 3.63) is 58.4 Å². The number of nitrogens with one attached hydrogen (secondary N) is 1. The SMILES string of the molecule is Cc1ccncc1CNc1ccc(Cl)cc1C(F)(F)F. The fraction of sp³-hybridized carbons (Fsp3) is 0.214. The lowest BCUT2D eigenvalue weighted by molar-refractivity contribution is -0.136. The Morgan fingerprint density at radius 3 is 2.65 bits per heavy atom. The molecule has 20 heavy (non-hydrogen) atoms. The summed E-state index contributed by atoms with van der Waals surface area (Å²) in [5.74, 6) is 0. The molecular weight excluding hydrogens is 289 g/mol. The maximum atomic E-state index is 12.9. The number of nitrogens with zero attached hydrogens (tertiary/aromatic N) is 1. The van der Waals surface area contributed by atoms with E-state index in [0.29, 0.717) is 0 Å². The van der Waals surface area contributed by atoms with Crippen LogP contribution in [0.3, 0.4) is 0 Å². The Kier molecular flexibility index (Phi) is 4.18. The second kappa shape index (κ2) is 5.71. The van der Waals surface area contributed by atoms with Gasteiger partial charge in [-0.3, -0.25) is 4.98 Å². The molecule has 0 unspecified atom stereocenters. The summed E-state index contributed by atoms with van der Waals surface area (Å²) in [6.45, 7) is 2.15. The minimum Gasteiger partial charge on any atom is -0.380 e. The van der Waals surface area contributed by atoms with E-state index in [9.17, 15) is 13.2 Å². The summed E-state index contributed by atoms with van der Waals surface area (Å²) in [7, 11) is 0. The van der Waals surface area contributed by atoms with Crippen LogP contribution in [-0.2, 0) is 12.7 Å². The van der Waals surface area contributed by atoms with Crippen molar-refractivity contribution >= 4 is 17.3 Å². The predicted octanol–water partition coefficient (Wildman–Crippen LogP) is 4.67. The van der Waals surface area contributed by atoms with Crippen molar-refractivity contribution in [2.75, 3.05) is 5.32 Å². The molecule has 0 atom stereocenters. The maximum Gasteiger partial charge on any atom is 0.418 e. The van der Waals surface area contributed by atoms with E-state index in [-0.39, 0.29) is 17.3 Å². The molecule has 0 aliphatic carbocycles. The van der Waals surface area contributed by atoms with Crippen LogP contribution in [0.25, 0.3) is 0 Å². The Morgan fingerprint density at radius 2 is 2.00 bits per heavy atom. The number of alkyl halides is 3. The highest BCUT2D eigenvalue weighted by Gasteiger charge is 2.33. The first-order chi connectivity index (χ1) is 9.38. The first-order valence-electron chi connectivity index (χ1n) is 5.88. The molecular formula is C14H12ClF3N2. The number of rotatable bonds is 3. The van der Waals surface area contributed by atoms with Gasteiger partial charge in [0.2, 0.25) is 0 Å². The Bertz CT molecular complexity index is 612. The number of aromatic nitrogens is 1. The van der Waals surface area contributed by atoms with Crippen molar-refractivity contribution in [3.8, 4) is 0 Å². The van der Waals surface area contributed by atoms with Gasteiger partial charge in [0.1, 0.15) is 0 Å². The smallest absolute Gasteiger partial charge is 0.380 e. The summed E-state index contributed by atoms with van der Waals surface area (Å²) in [4.78, 5) is 3.96. The van der Waals surface area contributed by atoms with Crippen LogP contribution in [0, 0.1) is 6.92 Å². The van der Waals surface area contributed by atoms with E-state index in [1.54, 1.807) is 12.4 Å². The Balaban J connectivity index is 2.24. The van der Waals surface area contributed by atoms with Crippen molar-refractivity contribution in [1.82, 2.24) is 4.98 Å². The Hall–Kier alpha value is -1.75.